The van der Waals surface area contributed by atoms with E-state index in [4.69, 9.17) is 10.1 Å². The van der Waals surface area contributed by atoms with Crippen molar-refractivity contribution >= 4 is 34.2 Å². The maximum absolute atomic E-state index is 12.8. The normalized spacial score (nSPS) is 17.1. The summed E-state index contributed by atoms with van der Waals surface area (Å²) < 4.78 is 42.8. The van der Waals surface area contributed by atoms with Crippen LogP contribution in [0.2, 0.25) is 0 Å². The van der Waals surface area contributed by atoms with Gasteiger partial charge in [-0.1, -0.05) is 55.9 Å². The lowest BCUT2D eigenvalue weighted by Gasteiger charge is -2.13. The molecule has 6 rings (SSSR count). The highest BCUT2D eigenvalue weighted by atomic mass is 32.2. The number of hydrazone groups is 1. The Balaban J connectivity index is 1.22. The molecule has 0 atom stereocenters. The summed E-state index contributed by atoms with van der Waals surface area (Å²) in [4.78, 5) is 22.0. The molecule has 8 nitrogen and oxygen atoms in total. The van der Waals surface area contributed by atoms with Crippen LogP contribution in [0.15, 0.2) is 83.2 Å². The standard InChI is InChI=1S/C30H25F3N6O2S/c1-18(2)23-5-3-4-6-25(23)35-29-39(27(40)16-42-29)36-26-14-8-19-15-20(7-13-24(19)26)28-34-17-38(37-28)21-9-11-22(12-10-21)41-30(31,32)33/h3-7,9-13,15,17-18H,8,14,16H2,1-2H3/b35-29?,36-26+. The molecule has 1 saturated heterocycles. The maximum Gasteiger partial charge on any atom is 0.573 e. The number of rotatable bonds is 6. The molecule has 0 saturated carbocycles. The zero-order valence-electron chi connectivity index (χ0n) is 22.7. The van der Waals surface area contributed by atoms with Crippen LogP contribution < -0.4 is 4.74 Å². The van der Waals surface area contributed by atoms with Crippen molar-refractivity contribution in [2.75, 3.05) is 5.75 Å². The summed E-state index contributed by atoms with van der Waals surface area (Å²) in [7, 11) is 0. The highest BCUT2D eigenvalue weighted by Crippen LogP contribution is 2.32. The second-order valence-corrected chi connectivity index (χ2v) is 11.0. The highest BCUT2D eigenvalue weighted by Gasteiger charge is 2.32. The van der Waals surface area contributed by atoms with Crippen molar-refractivity contribution in [3.63, 3.8) is 0 Å². The molecule has 1 aliphatic heterocycles. The number of carbonyl (C=O) groups excluding carboxylic acids is 1. The first-order chi connectivity index (χ1) is 20.1. The lowest BCUT2D eigenvalue weighted by Crippen LogP contribution is -2.25. The van der Waals surface area contributed by atoms with Crippen molar-refractivity contribution < 1.29 is 22.7 Å². The second-order valence-electron chi connectivity index (χ2n) is 10.1. The number of hydrogen-bond acceptors (Lipinski definition) is 7. The lowest BCUT2D eigenvalue weighted by atomic mass is 10.0. The Morgan fingerprint density at radius 3 is 2.57 bits per heavy atom. The van der Waals surface area contributed by atoms with E-state index in [-0.39, 0.29) is 17.4 Å². The molecule has 4 aromatic rings. The smallest absolute Gasteiger partial charge is 0.406 e. The van der Waals surface area contributed by atoms with Crippen molar-refractivity contribution in [1.82, 2.24) is 19.8 Å². The first-order valence-corrected chi connectivity index (χ1v) is 14.3. The van der Waals surface area contributed by atoms with Gasteiger partial charge in [0.1, 0.15) is 12.1 Å². The number of thioether (sulfide) groups is 1. The van der Waals surface area contributed by atoms with Gasteiger partial charge in [-0.2, -0.15) is 10.1 Å². The minimum atomic E-state index is -4.75. The molecule has 12 heteroatoms. The number of benzene rings is 3. The van der Waals surface area contributed by atoms with Crippen molar-refractivity contribution in [3.05, 3.63) is 89.7 Å². The number of aryl methyl sites for hydroxylation is 1. The molecule has 1 aliphatic carbocycles. The third-order valence-electron chi connectivity index (χ3n) is 6.87. The molecular formula is C30H25F3N6O2S. The largest absolute Gasteiger partial charge is 0.573 e. The van der Waals surface area contributed by atoms with Gasteiger partial charge < -0.3 is 4.74 Å². The quantitative estimate of drug-likeness (QED) is 0.245. The number of amides is 1. The second kappa shape index (κ2) is 11.1. The Hall–Kier alpha value is -4.45. The zero-order valence-corrected chi connectivity index (χ0v) is 23.5. The van der Waals surface area contributed by atoms with E-state index in [2.05, 4.69) is 28.7 Å². The van der Waals surface area contributed by atoms with Gasteiger partial charge in [-0.05, 0) is 66.3 Å². The van der Waals surface area contributed by atoms with Crippen LogP contribution >= 0.6 is 11.8 Å². The fourth-order valence-corrected chi connectivity index (χ4v) is 5.67. The molecular weight excluding hydrogens is 565 g/mol. The van der Waals surface area contributed by atoms with Gasteiger partial charge in [0.15, 0.2) is 11.0 Å². The first kappa shape index (κ1) is 27.7. The third-order valence-corrected chi connectivity index (χ3v) is 7.78. The summed E-state index contributed by atoms with van der Waals surface area (Å²) in [5.74, 6) is 0.644. The van der Waals surface area contributed by atoms with E-state index in [9.17, 15) is 18.0 Å². The third kappa shape index (κ3) is 5.80. The Labute approximate surface area is 243 Å². The van der Waals surface area contributed by atoms with Crippen molar-refractivity contribution in [3.8, 4) is 22.8 Å². The molecule has 0 unspecified atom stereocenters. The molecule has 1 amide bonds. The molecule has 2 heterocycles. The van der Waals surface area contributed by atoms with Crippen molar-refractivity contribution in [2.24, 2.45) is 10.1 Å². The van der Waals surface area contributed by atoms with E-state index < -0.39 is 6.36 Å². The number of para-hydroxylation sites is 1. The number of carbonyl (C=O) groups is 1. The average Bonchev–Trinajstić information content (AvgIpc) is 3.69. The van der Waals surface area contributed by atoms with E-state index in [0.717, 1.165) is 40.1 Å². The fourth-order valence-electron chi connectivity index (χ4n) is 4.87. The van der Waals surface area contributed by atoms with Gasteiger partial charge >= 0.3 is 6.36 Å². The minimum Gasteiger partial charge on any atom is -0.406 e. The molecule has 1 fully saturated rings. The van der Waals surface area contributed by atoms with Crippen LogP contribution in [-0.2, 0) is 11.2 Å². The van der Waals surface area contributed by atoms with Crippen LogP contribution in [-0.4, -0.2) is 48.7 Å². The van der Waals surface area contributed by atoms with Crippen molar-refractivity contribution in [1.29, 1.82) is 0 Å². The SMILES string of the molecule is CC(C)c1ccccc1N=C1SCC(=O)N1/N=C1\CCc2cc(-c3ncn(-c4ccc(OC(F)(F)F)cc4)n3)ccc21. The fraction of sp³-hybridized carbons (Fsp3) is 0.233. The Morgan fingerprint density at radius 2 is 1.81 bits per heavy atom. The first-order valence-electron chi connectivity index (χ1n) is 13.3. The number of halogens is 3. The van der Waals surface area contributed by atoms with Gasteiger partial charge in [0, 0.05) is 11.1 Å². The number of ether oxygens (including phenoxy) is 1. The molecule has 214 valence electrons. The van der Waals surface area contributed by atoms with Gasteiger partial charge in [0.25, 0.3) is 5.91 Å². The Bertz CT molecular complexity index is 1710. The summed E-state index contributed by atoms with van der Waals surface area (Å²) >= 11 is 1.39. The Kier molecular flexibility index (Phi) is 7.31. The Morgan fingerprint density at radius 1 is 1.02 bits per heavy atom. The van der Waals surface area contributed by atoms with E-state index in [1.54, 1.807) is 0 Å². The number of nitrogens with zero attached hydrogens (tertiary/aromatic N) is 6. The average molecular weight is 591 g/mol. The number of aliphatic imine (C=N–C) groups is 1. The lowest BCUT2D eigenvalue weighted by molar-refractivity contribution is -0.274. The van der Waals surface area contributed by atoms with Gasteiger partial charge in [-0.15, -0.1) is 18.3 Å². The topological polar surface area (TPSA) is 85.0 Å². The van der Waals surface area contributed by atoms with E-state index in [1.165, 1.54) is 52.0 Å². The molecule has 0 bridgehead atoms. The van der Waals surface area contributed by atoms with Gasteiger partial charge in [0.2, 0.25) is 0 Å². The van der Waals surface area contributed by atoms with E-state index in [1.807, 2.05) is 42.5 Å². The summed E-state index contributed by atoms with van der Waals surface area (Å²) in [5, 5.41) is 11.3. The minimum absolute atomic E-state index is 0.105. The van der Waals surface area contributed by atoms with Crippen LogP contribution in [0.4, 0.5) is 18.9 Å². The number of fused-ring (bicyclic) bond motifs is 1. The number of hydrogen-bond donors (Lipinski definition) is 0. The van der Waals surface area contributed by atoms with Crippen LogP contribution in [0.5, 0.6) is 5.75 Å². The van der Waals surface area contributed by atoms with Crippen LogP contribution in [0.25, 0.3) is 17.1 Å². The molecule has 3 aromatic carbocycles. The van der Waals surface area contributed by atoms with Gasteiger partial charge in [0.05, 0.1) is 22.8 Å². The van der Waals surface area contributed by atoms with Crippen molar-refractivity contribution in [2.45, 2.75) is 39.0 Å². The molecule has 42 heavy (non-hydrogen) atoms. The van der Waals surface area contributed by atoms with Crippen LogP contribution in [0, 0.1) is 0 Å². The summed E-state index contributed by atoms with van der Waals surface area (Å²) in [6.07, 6.45) is -1.82. The van der Waals surface area contributed by atoms with E-state index in [0.29, 0.717) is 29.0 Å². The van der Waals surface area contributed by atoms with Gasteiger partial charge in [-0.25, -0.2) is 14.7 Å². The molecule has 1 aromatic heterocycles. The molecule has 0 radical (unpaired) electrons. The number of alkyl halides is 3. The van der Waals surface area contributed by atoms with Crippen LogP contribution in [0.3, 0.4) is 0 Å². The monoisotopic (exact) mass is 590 g/mol. The predicted molar refractivity (Wildman–Crippen MR) is 155 cm³/mol. The molecule has 0 N–H and O–H groups in total. The maximum atomic E-state index is 12.8. The predicted octanol–water partition coefficient (Wildman–Crippen LogP) is 6.87. The van der Waals surface area contributed by atoms with Gasteiger partial charge in [-0.3, -0.25) is 4.79 Å². The molecule has 2 aliphatic rings. The van der Waals surface area contributed by atoms with Crippen LogP contribution in [0.1, 0.15) is 42.9 Å². The summed E-state index contributed by atoms with van der Waals surface area (Å²) in [6, 6.07) is 19.2. The summed E-state index contributed by atoms with van der Waals surface area (Å²) in [5.41, 5.74) is 6.14. The summed E-state index contributed by atoms with van der Waals surface area (Å²) in [6.45, 7) is 4.23. The zero-order chi connectivity index (χ0) is 29.4. The number of amidine groups is 1. The molecule has 0 spiro atoms. The highest BCUT2D eigenvalue weighted by molar-refractivity contribution is 8.15. The van der Waals surface area contributed by atoms with E-state index >= 15 is 0 Å². The number of aromatic nitrogens is 3.